The summed E-state index contributed by atoms with van der Waals surface area (Å²) in [6, 6.07) is 0. The molecular formula is C14H23NO4S. The van der Waals surface area contributed by atoms with Crippen molar-refractivity contribution in [3.63, 3.8) is 0 Å². The number of piperidine rings is 1. The lowest BCUT2D eigenvalue weighted by Gasteiger charge is -2.53. The third-order valence-corrected chi connectivity index (χ3v) is 5.17. The van der Waals surface area contributed by atoms with Crippen molar-refractivity contribution in [2.45, 2.75) is 44.1 Å². The second-order valence-electron chi connectivity index (χ2n) is 5.81. The zero-order valence-corrected chi connectivity index (χ0v) is 12.8. The number of rotatable bonds is 4. The predicted molar refractivity (Wildman–Crippen MR) is 77.5 cm³/mol. The van der Waals surface area contributed by atoms with Crippen molar-refractivity contribution >= 4 is 24.5 Å². The number of nitrogens with zero attached hydrogens (tertiary/aromatic N) is 1. The Morgan fingerprint density at radius 2 is 1.85 bits per heavy atom. The first-order chi connectivity index (χ1) is 9.49. The van der Waals surface area contributed by atoms with Gasteiger partial charge < -0.3 is 14.7 Å². The molecule has 2 fully saturated rings. The Bertz CT molecular complexity index is 387. The quantitative estimate of drug-likeness (QED) is 0.600. The van der Waals surface area contributed by atoms with Gasteiger partial charge in [0.2, 0.25) is 5.91 Å². The minimum Gasteiger partial charge on any atom is -0.469 e. The van der Waals surface area contributed by atoms with E-state index in [-0.39, 0.29) is 11.9 Å². The van der Waals surface area contributed by atoms with Crippen molar-refractivity contribution in [3.05, 3.63) is 0 Å². The second-order valence-corrected chi connectivity index (χ2v) is 6.26. The van der Waals surface area contributed by atoms with Gasteiger partial charge in [-0.3, -0.25) is 9.59 Å². The summed E-state index contributed by atoms with van der Waals surface area (Å²) in [4.78, 5) is 25.7. The van der Waals surface area contributed by atoms with E-state index < -0.39 is 11.0 Å². The predicted octanol–water partition coefficient (Wildman–Crippen LogP) is 1.00. The minimum absolute atomic E-state index is 0.0720. The molecule has 114 valence electrons. The van der Waals surface area contributed by atoms with Crippen molar-refractivity contribution in [2.75, 3.05) is 26.0 Å². The number of likely N-dealkylation sites (tertiary alicyclic amines) is 1. The topological polar surface area (TPSA) is 66.8 Å². The maximum atomic E-state index is 12.1. The Morgan fingerprint density at radius 1 is 1.25 bits per heavy atom. The summed E-state index contributed by atoms with van der Waals surface area (Å²) < 4.78 is 4.90. The summed E-state index contributed by atoms with van der Waals surface area (Å²) in [6.07, 6.45) is 3.62. The highest BCUT2D eigenvalue weighted by molar-refractivity contribution is 7.80. The van der Waals surface area contributed by atoms with Crippen LogP contribution in [0.15, 0.2) is 0 Å². The van der Waals surface area contributed by atoms with Crippen molar-refractivity contribution < 1.29 is 19.4 Å². The van der Waals surface area contributed by atoms with Gasteiger partial charge in [0.1, 0.15) is 0 Å². The molecule has 1 aliphatic carbocycles. The zero-order valence-electron chi connectivity index (χ0n) is 11.9. The number of aliphatic hydroxyl groups is 1. The van der Waals surface area contributed by atoms with Crippen molar-refractivity contribution in [1.29, 1.82) is 0 Å². The second kappa shape index (κ2) is 5.93. The Labute approximate surface area is 125 Å². The van der Waals surface area contributed by atoms with Gasteiger partial charge in [0.15, 0.2) is 0 Å². The molecule has 1 aliphatic heterocycles. The number of amides is 1. The van der Waals surface area contributed by atoms with Gasteiger partial charge in [0.25, 0.3) is 0 Å². The number of carbonyl (C=O) groups is 2. The van der Waals surface area contributed by atoms with E-state index in [1.54, 1.807) is 4.90 Å². The van der Waals surface area contributed by atoms with Crippen LogP contribution in [0.1, 0.15) is 38.5 Å². The summed E-state index contributed by atoms with van der Waals surface area (Å²) in [5.74, 6) is 0.301. The molecule has 0 aromatic heterocycles. The monoisotopic (exact) mass is 301 g/mol. The standard InChI is InChI=1S/C14H23NO4S/c1-19-12(17)13(4-2-5-13)14(18)6-8-15(9-7-14)11(16)3-10-20/h18,20H,2-10H2,1H3. The molecule has 0 bridgehead atoms. The number of hydrogen-bond donors (Lipinski definition) is 2. The molecule has 0 radical (unpaired) electrons. The Morgan fingerprint density at radius 3 is 2.25 bits per heavy atom. The maximum absolute atomic E-state index is 12.1. The Hall–Kier alpha value is -0.750. The van der Waals surface area contributed by atoms with Crippen LogP contribution in [0.2, 0.25) is 0 Å². The lowest BCUT2D eigenvalue weighted by atomic mass is 9.56. The fraction of sp³-hybridized carbons (Fsp3) is 0.857. The Balaban J connectivity index is 2.04. The average molecular weight is 301 g/mol. The highest BCUT2D eigenvalue weighted by atomic mass is 32.1. The van der Waals surface area contributed by atoms with E-state index >= 15 is 0 Å². The van der Waals surface area contributed by atoms with Gasteiger partial charge >= 0.3 is 5.97 Å². The van der Waals surface area contributed by atoms with E-state index in [2.05, 4.69) is 12.6 Å². The SMILES string of the molecule is COC(=O)C1(C2(O)CCN(C(=O)CCS)CC2)CCC1. The third-order valence-electron chi connectivity index (χ3n) is 4.94. The number of hydrogen-bond acceptors (Lipinski definition) is 5. The van der Waals surface area contributed by atoms with Gasteiger partial charge in [0, 0.05) is 19.5 Å². The van der Waals surface area contributed by atoms with Crippen LogP contribution in [0.4, 0.5) is 0 Å². The molecule has 0 unspecified atom stereocenters. The average Bonchev–Trinajstić information content (AvgIpc) is 2.38. The Kier molecular flexibility index (Phi) is 4.64. The molecule has 2 aliphatic rings. The minimum atomic E-state index is -1.03. The van der Waals surface area contributed by atoms with Crippen LogP contribution in [0.5, 0.6) is 0 Å². The van der Waals surface area contributed by atoms with Crippen LogP contribution in [-0.4, -0.2) is 53.4 Å². The first kappa shape index (κ1) is 15.6. The van der Waals surface area contributed by atoms with Crippen molar-refractivity contribution in [3.8, 4) is 0 Å². The van der Waals surface area contributed by atoms with Crippen LogP contribution in [-0.2, 0) is 14.3 Å². The lowest BCUT2D eigenvalue weighted by molar-refractivity contribution is -0.197. The number of carbonyl (C=O) groups excluding carboxylic acids is 2. The molecule has 1 heterocycles. The first-order valence-corrected chi connectivity index (χ1v) is 7.82. The van der Waals surface area contributed by atoms with Crippen LogP contribution >= 0.6 is 12.6 Å². The van der Waals surface area contributed by atoms with Crippen molar-refractivity contribution in [2.24, 2.45) is 5.41 Å². The molecule has 1 saturated heterocycles. The van der Waals surface area contributed by atoms with E-state index in [0.717, 1.165) is 6.42 Å². The molecule has 0 aromatic carbocycles. The van der Waals surface area contributed by atoms with Gasteiger partial charge in [-0.1, -0.05) is 6.42 Å². The molecule has 1 N–H and O–H groups in total. The van der Waals surface area contributed by atoms with E-state index in [9.17, 15) is 14.7 Å². The number of ether oxygens (including phenoxy) is 1. The molecule has 0 aromatic rings. The maximum Gasteiger partial charge on any atom is 0.314 e. The lowest BCUT2D eigenvalue weighted by Crippen LogP contribution is -2.62. The largest absolute Gasteiger partial charge is 0.469 e. The van der Waals surface area contributed by atoms with Crippen molar-refractivity contribution in [1.82, 2.24) is 4.90 Å². The highest BCUT2D eigenvalue weighted by Crippen LogP contribution is 2.54. The number of esters is 1. The number of thiol groups is 1. The van der Waals surface area contributed by atoms with Gasteiger partial charge in [-0.05, 0) is 31.4 Å². The van der Waals surface area contributed by atoms with Crippen LogP contribution in [0, 0.1) is 5.41 Å². The van der Waals surface area contributed by atoms with Crippen LogP contribution in [0.3, 0.4) is 0 Å². The smallest absolute Gasteiger partial charge is 0.314 e. The van der Waals surface area contributed by atoms with E-state index in [0.29, 0.717) is 50.9 Å². The van der Waals surface area contributed by atoms with Gasteiger partial charge in [0.05, 0.1) is 18.1 Å². The molecule has 20 heavy (non-hydrogen) atoms. The zero-order chi connectivity index (χ0) is 14.8. The van der Waals surface area contributed by atoms with Crippen LogP contribution < -0.4 is 0 Å². The summed E-state index contributed by atoms with van der Waals surface area (Å²) in [5, 5.41) is 10.9. The first-order valence-electron chi connectivity index (χ1n) is 7.18. The summed E-state index contributed by atoms with van der Waals surface area (Å²) in [6.45, 7) is 1.00. The summed E-state index contributed by atoms with van der Waals surface area (Å²) in [7, 11) is 1.37. The van der Waals surface area contributed by atoms with Gasteiger partial charge in [-0.2, -0.15) is 12.6 Å². The van der Waals surface area contributed by atoms with Gasteiger partial charge in [-0.25, -0.2) is 0 Å². The number of methoxy groups -OCH3 is 1. The van der Waals surface area contributed by atoms with Gasteiger partial charge in [-0.15, -0.1) is 0 Å². The molecule has 6 heteroatoms. The molecule has 1 saturated carbocycles. The summed E-state index contributed by atoms with van der Waals surface area (Å²) >= 11 is 4.07. The third kappa shape index (κ3) is 2.44. The van der Waals surface area contributed by atoms with E-state index in [1.807, 2.05) is 0 Å². The fourth-order valence-corrected chi connectivity index (χ4v) is 3.63. The van der Waals surface area contributed by atoms with E-state index in [4.69, 9.17) is 4.74 Å². The fourth-order valence-electron chi connectivity index (χ4n) is 3.44. The normalized spacial score (nSPS) is 23.9. The molecule has 0 atom stereocenters. The highest BCUT2D eigenvalue weighted by Gasteiger charge is 2.60. The molecule has 0 spiro atoms. The summed E-state index contributed by atoms with van der Waals surface area (Å²) in [5.41, 5.74) is -1.78. The molecular weight excluding hydrogens is 278 g/mol. The van der Waals surface area contributed by atoms with E-state index in [1.165, 1.54) is 7.11 Å². The van der Waals surface area contributed by atoms with Crippen LogP contribution in [0.25, 0.3) is 0 Å². The molecule has 2 rings (SSSR count). The molecule has 5 nitrogen and oxygen atoms in total. The molecule has 1 amide bonds.